The lowest BCUT2D eigenvalue weighted by atomic mass is 10.0. The van der Waals surface area contributed by atoms with Gasteiger partial charge in [0.15, 0.2) is 0 Å². The van der Waals surface area contributed by atoms with E-state index in [2.05, 4.69) is 15.6 Å². The molecule has 0 aliphatic carbocycles. The van der Waals surface area contributed by atoms with Crippen molar-refractivity contribution >= 4 is 36.4 Å². The Bertz CT molecular complexity index is 563. The second-order valence-corrected chi connectivity index (χ2v) is 5.37. The average Bonchev–Trinajstić information content (AvgIpc) is 3.11. The molecule has 2 N–H and O–H groups in total. The van der Waals surface area contributed by atoms with Crippen LogP contribution in [0.25, 0.3) is 5.65 Å². The van der Waals surface area contributed by atoms with Gasteiger partial charge in [-0.15, -0.1) is 24.8 Å². The normalized spacial score (nSPS) is 16.8. The van der Waals surface area contributed by atoms with Crippen molar-refractivity contribution < 1.29 is 4.79 Å². The quantitative estimate of drug-likeness (QED) is 0.873. The van der Waals surface area contributed by atoms with E-state index in [4.69, 9.17) is 0 Å². The van der Waals surface area contributed by atoms with E-state index in [0.29, 0.717) is 18.9 Å². The van der Waals surface area contributed by atoms with Gasteiger partial charge in [0, 0.05) is 18.8 Å². The zero-order chi connectivity index (χ0) is 13.8. The lowest BCUT2D eigenvalue weighted by Gasteiger charge is -2.07. The van der Waals surface area contributed by atoms with Crippen LogP contribution in [0.3, 0.4) is 0 Å². The summed E-state index contributed by atoms with van der Waals surface area (Å²) in [5, 5.41) is 6.27. The SMILES string of the molecule is Cl.Cl.O=C(CCC1CCNC1)NCc1cn2ccccc2n1. The molecule has 3 heterocycles. The first kappa shape index (κ1) is 18.7. The molecule has 1 amide bonds. The third-order valence-electron chi connectivity index (χ3n) is 3.82. The van der Waals surface area contributed by atoms with E-state index in [1.165, 1.54) is 6.42 Å². The Morgan fingerprint density at radius 1 is 1.41 bits per heavy atom. The van der Waals surface area contributed by atoms with Gasteiger partial charge in [0.05, 0.1) is 12.2 Å². The highest BCUT2D eigenvalue weighted by Crippen LogP contribution is 2.14. The smallest absolute Gasteiger partial charge is 0.220 e. The number of nitrogens with one attached hydrogen (secondary N) is 2. The fraction of sp³-hybridized carbons (Fsp3) is 0.467. The summed E-state index contributed by atoms with van der Waals surface area (Å²) in [6.45, 7) is 2.65. The number of pyridine rings is 1. The van der Waals surface area contributed by atoms with E-state index in [1.807, 2.05) is 35.0 Å². The first-order chi connectivity index (χ1) is 9.81. The van der Waals surface area contributed by atoms with Crippen LogP contribution in [-0.4, -0.2) is 28.4 Å². The summed E-state index contributed by atoms with van der Waals surface area (Å²) in [7, 11) is 0. The fourth-order valence-electron chi connectivity index (χ4n) is 2.65. The maximum absolute atomic E-state index is 11.8. The maximum atomic E-state index is 11.8. The van der Waals surface area contributed by atoms with E-state index >= 15 is 0 Å². The predicted molar refractivity (Wildman–Crippen MR) is 91.7 cm³/mol. The number of carbonyl (C=O) groups is 1. The first-order valence-corrected chi connectivity index (χ1v) is 7.21. The summed E-state index contributed by atoms with van der Waals surface area (Å²) >= 11 is 0. The minimum absolute atomic E-state index is 0. The van der Waals surface area contributed by atoms with Gasteiger partial charge in [0.25, 0.3) is 0 Å². The Kier molecular flexibility index (Phi) is 7.65. The molecule has 1 aliphatic heterocycles. The van der Waals surface area contributed by atoms with Crippen molar-refractivity contribution in [3.05, 3.63) is 36.3 Å². The number of nitrogens with zero attached hydrogens (tertiary/aromatic N) is 2. The number of fused-ring (bicyclic) bond motifs is 1. The fourth-order valence-corrected chi connectivity index (χ4v) is 2.65. The molecule has 0 saturated carbocycles. The topological polar surface area (TPSA) is 58.4 Å². The van der Waals surface area contributed by atoms with E-state index in [-0.39, 0.29) is 30.7 Å². The van der Waals surface area contributed by atoms with Gasteiger partial charge in [-0.05, 0) is 44.0 Å². The molecule has 1 saturated heterocycles. The van der Waals surface area contributed by atoms with Crippen LogP contribution < -0.4 is 10.6 Å². The van der Waals surface area contributed by atoms with Gasteiger partial charge >= 0.3 is 0 Å². The lowest BCUT2D eigenvalue weighted by molar-refractivity contribution is -0.121. The molecule has 122 valence electrons. The Hall–Kier alpha value is -1.30. The number of hydrogen-bond donors (Lipinski definition) is 2. The van der Waals surface area contributed by atoms with Gasteiger partial charge < -0.3 is 15.0 Å². The van der Waals surface area contributed by atoms with Crippen molar-refractivity contribution in [3.63, 3.8) is 0 Å². The molecule has 5 nitrogen and oxygen atoms in total. The van der Waals surface area contributed by atoms with Crippen LogP contribution in [0.15, 0.2) is 30.6 Å². The molecule has 7 heteroatoms. The van der Waals surface area contributed by atoms with Gasteiger partial charge in [0.2, 0.25) is 5.91 Å². The molecule has 0 aromatic carbocycles. The summed E-state index contributed by atoms with van der Waals surface area (Å²) in [5.74, 6) is 0.782. The van der Waals surface area contributed by atoms with E-state index in [1.54, 1.807) is 0 Å². The van der Waals surface area contributed by atoms with Crippen LogP contribution in [-0.2, 0) is 11.3 Å². The summed E-state index contributed by atoms with van der Waals surface area (Å²) in [6.07, 6.45) is 6.70. The van der Waals surface area contributed by atoms with Crippen LogP contribution in [0.1, 0.15) is 25.0 Å². The third-order valence-corrected chi connectivity index (χ3v) is 3.82. The van der Waals surface area contributed by atoms with Gasteiger partial charge in [0.1, 0.15) is 5.65 Å². The van der Waals surface area contributed by atoms with Crippen molar-refractivity contribution in [2.24, 2.45) is 5.92 Å². The molecule has 3 rings (SSSR count). The molecule has 1 unspecified atom stereocenters. The minimum Gasteiger partial charge on any atom is -0.350 e. The van der Waals surface area contributed by atoms with Crippen molar-refractivity contribution in [3.8, 4) is 0 Å². The number of aromatic nitrogens is 2. The lowest BCUT2D eigenvalue weighted by Crippen LogP contribution is -2.23. The molecular formula is C15H22Cl2N4O. The van der Waals surface area contributed by atoms with Crippen molar-refractivity contribution in [1.82, 2.24) is 20.0 Å². The van der Waals surface area contributed by atoms with Crippen molar-refractivity contribution in [2.75, 3.05) is 13.1 Å². The maximum Gasteiger partial charge on any atom is 0.220 e. The van der Waals surface area contributed by atoms with E-state index < -0.39 is 0 Å². The molecule has 2 aromatic heterocycles. The molecule has 1 atom stereocenters. The summed E-state index contributed by atoms with van der Waals surface area (Å²) in [5.41, 5.74) is 1.81. The van der Waals surface area contributed by atoms with Crippen LogP contribution >= 0.6 is 24.8 Å². The summed E-state index contributed by atoms with van der Waals surface area (Å²) in [4.78, 5) is 16.3. The number of imidazole rings is 1. The standard InChI is InChI=1S/C15H20N4O.2ClH/c20-15(5-4-12-6-7-16-9-12)17-10-13-11-19-8-2-1-3-14(19)18-13;;/h1-3,8,11-12,16H,4-7,9-10H2,(H,17,20);2*1H. The van der Waals surface area contributed by atoms with Crippen molar-refractivity contribution in [2.45, 2.75) is 25.8 Å². The second kappa shape index (κ2) is 8.98. The zero-order valence-electron chi connectivity index (χ0n) is 12.3. The summed E-state index contributed by atoms with van der Waals surface area (Å²) in [6, 6.07) is 5.88. The monoisotopic (exact) mass is 344 g/mol. The number of amides is 1. The van der Waals surface area contributed by atoms with Gasteiger partial charge in [-0.25, -0.2) is 4.98 Å². The molecule has 2 aromatic rings. The predicted octanol–water partition coefficient (Wildman–Crippen LogP) is 2.18. The Morgan fingerprint density at radius 2 is 2.27 bits per heavy atom. The van der Waals surface area contributed by atoms with E-state index in [9.17, 15) is 4.79 Å². The van der Waals surface area contributed by atoms with Crippen LogP contribution in [0.5, 0.6) is 0 Å². The van der Waals surface area contributed by atoms with Crippen molar-refractivity contribution in [1.29, 1.82) is 0 Å². The van der Waals surface area contributed by atoms with Crippen LogP contribution in [0.2, 0.25) is 0 Å². The molecule has 0 bridgehead atoms. The number of hydrogen-bond acceptors (Lipinski definition) is 3. The highest BCUT2D eigenvalue weighted by molar-refractivity contribution is 5.85. The molecular weight excluding hydrogens is 323 g/mol. The number of carbonyl (C=O) groups excluding carboxylic acids is 1. The van der Waals surface area contributed by atoms with Crippen LogP contribution in [0.4, 0.5) is 0 Å². The van der Waals surface area contributed by atoms with E-state index in [0.717, 1.165) is 30.9 Å². The second-order valence-electron chi connectivity index (χ2n) is 5.37. The Labute approximate surface area is 142 Å². The molecule has 0 radical (unpaired) electrons. The molecule has 1 fully saturated rings. The molecule has 22 heavy (non-hydrogen) atoms. The highest BCUT2D eigenvalue weighted by atomic mass is 35.5. The summed E-state index contributed by atoms with van der Waals surface area (Å²) < 4.78 is 1.96. The van der Waals surface area contributed by atoms with Gasteiger partial charge in [-0.2, -0.15) is 0 Å². The molecule has 0 spiro atoms. The Balaban J connectivity index is 0.00000121. The Morgan fingerprint density at radius 3 is 3.00 bits per heavy atom. The average molecular weight is 345 g/mol. The first-order valence-electron chi connectivity index (χ1n) is 7.21. The largest absolute Gasteiger partial charge is 0.350 e. The van der Waals surface area contributed by atoms with Crippen LogP contribution in [0, 0.1) is 5.92 Å². The number of halogens is 2. The molecule has 1 aliphatic rings. The zero-order valence-corrected chi connectivity index (χ0v) is 14.0. The van der Waals surface area contributed by atoms with Gasteiger partial charge in [-0.3, -0.25) is 4.79 Å². The van der Waals surface area contributed by atoms with Gasteiger partial charge in [-0.1, -0.05) is 6.07 Å². The highest BCUT2D eigenvalue weighted by Gasteiger charge is 2.15. The third kappa shape index (κ3) is 4.87. The minimum atomic E-state index is 0. The number of rotatable bonds is 5.